The zero-order chi connectivity index (χ0) is 15.5. The monoisotopic (exact) mass is 296 g/mol. The number of piperidine rings is 1. The minimum absolute atomic E-state index is 0.446. The average Bonchev–Trinajstić information content (AvgIpc) is 2.48. The summed E-state index contributed by atoms with van der Waals surface area (Å²) in [6.07, 6.45) is 6.27. The molecule has 2 atom stereocenters. The van der Waals surface area contributed by atoms with Gasteiger partial charge in [-0.2, -0.15) is 0 Å². The minimum Gasteiger partial charge on any atom is -0.480 e. The number of nitrogens with one attached hydrogen (secondary N) is 1. The molecule has 4 nitrogen and oxygen atoms in total. The Labute approximate surface area is 129 Å². The zero-order valence-corrected chi connectivity index (χ0v) is 13.9. The second kappa shape index (κ2) is 7.10. The summed E-state index contributed by atoms with van der Waals surface area (Å²) in [5.41, 5.74) is -0.688. The molecule has 2 rings (SSSR count). The largest absolute Gasteiger partial charge is 0.480 e. The van der Waals surface area contributed by atoms with Crippen LogP contribution in [0.4, 0.5) is 0 Å². The first kappa shape index (κ1) is 16.8. The second-order valence-corrected chi connectivity index (χ2v) is 7.29. The SMILES string of the molecule is CCNC1(C(=O)O)CCCC(N2CCC(C(C)C)CC2)C1. The van der Waals surface area contributed by atoms with E-state index in [9.17, 15) is 9.90 Å². The molecule has 0 aromatic rings. The molecule has 1 aliphatic heterocycles. The molecule has 2 unspecified atom stereocenters. The average molecular weight is 296 g/mol. The molecule has 4 heteroatoms. The third-order valence-corrected chi connectivity index (χ3v) is 5.68. The molecule has 2 aliphatic rings. The number of likely N-dealkylation sites (tertiary alicyclic amines) is 1. The highest BCUT2D eigenvalue weighted by Gasteiger charge is 2.44. The first-order valence-corrected chi connectivity index (χ1v) is 8.71. The van der Waals surface area contributed by atoms with Crippen molar-refractivity contribution in [3.05, 3.63) is 0 Å². The van der Waals surface area contributed by atoms with Crippen LogP contribution in [0.25, 0.3) is 0 Å². The van der Waals surface area contributed by atoms with Gasteiger partial charge in [-0.15, -0.1) is 0 Å². The third kappa shape index (κ3) is 3.78. The van der Waals surface area contributed by atoms with E-state index in [1.54, 1.807) is 0 Å². The molecule has 0 aromatic carbocycles. The first-order valence-electron chi connectivity index (χ1n) is 8.71. The lowest BCUT2D eigenvalue weighted by atomic mass is 9.77. The lowest BCUT2D eigenvalue weighted by Crippen LogP contribution is -2.59. The van der Waals surface area contributed by atoms with E-state index in [-0.39, 0.29) is 0 Å². The molecular formula is C17H32N2O2. The third-order valence-electron chi connectivity index (χ3n) is 5.68. The van der Waals surface area contributed by atoms with Crippen LogP contribution in [-0.2, 0) is 4.79 Å². The van der Waals surface area contributed by atoms with Gasteiger partial charge in [-0.1, -0.05) is 20.8 Å². The van der Waals surface area contributed by atoms with E-state index >= 15 is 0 Å². The molecule has 0 aromatic heterocycles. The Morgan fingerprint density at radius 2 is 2.00 bits per heavy atom. The van der Waals surface area contributed by atoms with Crippen LogP contribution in [0.15, 0.2) is 0 Å². The fourth-order valence-corrected chi connectivity index (χ4v) is 4.28. The van der Waals surface area contributed by atoms with Crippen LogP contribution in [0, 0.1) is 11.8 Å². The fourth-order valence-electron chi connectivity index (χ4n) is 4.28. The van der Waals surface area contributed by atoms with Crippen molar-refractivity contribution in [3.8, 4) is 0 Å². The van der Waals surface area contributed by atoms with Crippen LogP contribution in [0.2, 0.25) is 0 Å². The molecule has 122 valence electrons. The van der Waals surface area contributed by atoms with Crippen molar-refractivity contribution in [2.24, 2.45) is 11.8 Å². The van der Waals surface area contributed by atoms with E-state index in [2.05, 4.69) is 24.1 Å². The van der Waals surface area contributed by atoms with E-state index in [1.165, 1.54) is 12.8 Å². The Bertz CT molecular complexity index is 347. The predicted molar refractivity (Wildman–Crippen MR) is 85.4 cm³/mol. The van der Waals surface area contributed by atoms with Crippen LogP contribution in [-0.4, -0.2) is 47.2 Å². The van der Waals surface area contributed by atoms with E-state index in [1.807, 2.05) is 6.92 Å². The molecule has 1 heterocycles. The minimum atomic E-state index is -0.688. The number of hydrogen-bond donors (Lipinski definition) is 2. The Morgan fingerprint density at radius 3 is 2.52 bits per heavy atom. The normalized spacial score (nSPS) is 32.5. The number of likely N-dealkylation sites (N-methyl/N-ethyl adjacent to an activating group) is 1. The van der Waals surface area contributed by atoms with Crippen molar-refractivity contribution in [2.45, 2.75) is 70.9 Å². The summed E-state index contributed by atoms with van der Waals surface area (Å²) in [4.78, 5) is 14.3. The molecule has 1 saturated carbocycles. The maximum absolute atomic E-state index is 11.8. The topological polar surface area (TPSA) is 52.6 Å². The molecule has 0 spiro atoms. The van der Waals surface area contributed by atoms with Gasteiger partial charge in [-0.3, -0.25) is 4.79 Å². The Balaban J connectivity index is 1.96. The van der Waals surface area contributed by atoms with Gasteiger partial charge < -0.3 is 15.3 Å². The van der Waals surface area contributed by atoms with Crippen molar-refractivity contribution in [2.75, 3.05) is 19.6 Å². The second-order valence-electron chi connectivity index (χ2n) is 7.29. The van der Waals surface area contributed by atoms with E-state index in [4.69, 9.17) is 0 Å². The van der Waals surface area contributed by atoms with Gasteiger partial charge in [0.25, 0.3) is 0 Å². The number of carboxylic acid groups (broad SMARTS) is 1. The quantitative estimate of drug-likeness (QED) is 0.819. The summed E-state index contributed by atoms with van der Waals surface area (Å²) < 4.78 is 0. The molecule has 2 N–H and O–H groups in total. The smallest absolute Gasteiger partial charge is 0.323 e. The van der Waals surface area contributed by atoms with Crippen molar-refractivity contribution >= 4 is 5.97 Å². The predicted octanol–water partition coefficient (Wildman–Crippen LogP) is 2.73. The number of carboxylic acids is 1. The number of hydrogen-bond acceptors (Lipinski definition) is 3. The van der Waals surface area contributed by atoms with E-state index in [0.29, 0.717) is 6.04 Å². The van der Waals surface area contributed by atoms with Crippen molar-refractivity contribution in [3.63, 3.8) is 0 Å². The number of nitrogens with zero attached hydrogens (tertiary/aromatic N) is 1. The summed E-state index contributed by atoms with van der Waals surface area (Å²) in [5.74, 6) is 0.965. The summed E-state index contributed by atoms with van der Waals surface area (Å²) in [6.45, 7) is 9.67. The van der Waals surface area contributed by atoms with Gasteiger partial charge in [-0.05, 0) is 70.0 Å². The highest BCUT2D eigenvalue weighted by Crippen LogP contribution is 2.34. The molecule has 0 bridgehead atoms. The lowest BCUT2D eigenvalue weighted by molar-refractivity contribution is -0.147. The summed E-state index contributed by atoms with van der Waals surface area (Å²) in [5, 5.41) is 12.9. The molecule has 0 radical (unpaired) electrons. The van der Waals surface area contributed by atoms with Gasteiger partial charge in [0, 0.05) is 6.04 Å². The van der Waals surface area contributed by atoms with Gasteiger partial charge in [0.15, 0.2) is 0 Å². The maximum Gasteiger partial charge on any atom is 0.323 e. The van der Waals surface area contributed by atoms with Crippen molar-refractivity contribution in [1.29, 1.82) is 0 Å². The van der Waals surface area contributed by atoms with Crippen LogP contribution in [0.5, 0.6) is 0 Å². The van der Waals surface area contributed by atoms with Crippen LogP contribution < -0.4 is 5.32 Å². The van der Waals surface area contributed by atoms with Crippen LogP contribution in [0.3, 0.4) is 0 Å². The molecule has 21 heavy (non-hydrogen) atoms. The van der Waals surface area contributed by atoms with Crippen LogP contribution in [0.1, 0.15) is 59.3 Å². The molecule has 0 amide bonds. The Kier molecular flexibility index (Phi) is 5.67. The summed E-state index contributed by atoms with van der Waals surface area (Å²) >= 11 is 0. The maximum atomic E-state index is 11.8. The van der Waals surface area contributed by atoms with Crippen molar-refractivity contribution < 1.29 is 9.90 Å². The van der Waals surface area contributed by atoms with Gasteiger partial charge >= 0.3 is 5.97 Å². The molecule has 2 fully saturated rings. The van der Waals surface area contributed by atoms with Gasteiger partial charge in [0.2, 0.25) is 0 Å². The molecule has 1 aliphatic carbocycles. The first-order chi connectivity index (χ1) is 9.98. The zero-order valence-electron chi connectivity index (χ0n) is 13.9. The van der Waals surface area contributed by atoms with Crippen LogP contribution >= 0.6 is 0 Å². The van der Waals surface area contributed by atoms with Crippen molar-refractivity contribution in [1.82, 2.24) is 10.2 Å². The highest BCUT2D eigenvalue weighted by atomic mass is 16.4. The van der Waals surface area contributed by atoms with Gasteiger partial charge in [0.05, 0.1) is 0 Å². The van der Waals surface area contributed by atoms with E-state index < -0.39 is 11.5 Å². The fraction of sp³-hybridized carbons (Fsp3) is 0.941. The van der Waals surface area contributed by atoms with Gasteiger partial charge in [-0.25, -0.2) is 0 Å². The van der Waals surface area contributed by atoms with Gasteiger partial charge in [0.1, 0.15) is 5.54 Å². The standard InChI is InChI=1S/C17H32N2O2/c1-4-18-17(16(20)21)9-5-6-15(12-17)19-10-7-14(8-11-19)13(2)3/h13-15,18H,4-12H2,1-3H3,(H,20,21). The summed E-state index contributed by atoms with van der Waals surface area (Å²) in [6, 6.07) is 0.446. The Hall–Kier alpha value is -0.610. The Morgan fingerprint density at radius 1 is 1.33 bits per heavy atom. The van der Waals surface area contributed by atoms with E-state index in [0.717, 1.165) is 57.2 Å². The molecular weight excluding hydrogens is 264 g/mol. The lowest BCUT2D eigenvalue weighted by Gasteiger charge is -2.45. The molecule has 1 saturated heterocycles. The number of carbonyl (C=O) groups is 1. The summed E-state index contributed by atoms with van der Waals surface area (Å²) in [7, 11) is 0. The number of rotatable bonds is 5. The highest BCUT2D eigenvalue weighted by molar-refractivity contribution is 5.79. The number of aliphatic carboxylic acids is 1.